The Balaban J connectivity index is 2.13. The number of carbonyl (C=O) groups excluding carboxylic acids is 1. The maximum atomic E-state index is 13.1. The molecule has 2 rings (SSSR count). The summed E-state index contributed by atoms with van der Waals surface area (Å²) >= 11 is 5.63. The zero-order valence-corrected chi connectivity index (χ0v) is 14.8. The summed E-state index contributed by atoms with van der Waals surface area (Å²) in [5, 5.41) is 5.14. The molecule has 26 heavy (non-hydrogen) atoms. The number of unbranched alkanes of at least 4 members (excludes halogenated alkanes) is 2. The summed E-state index contributed by atoms with van der Waals surface area (Å²) in [5.41, 5.74) is -1.45. The van der Waals surface area contributed by atoms with Gasteiger partial charge in [-0.25, -0.2) is 9.97 Å². The fraction of sp³-hybridized carbons (Fsp3) is 0.353. The molecule has 0 aliphatic heterocycles. The number of nitrogens with zero attached hydrogens (tertiary/aromatic N) is 2. The fourth-order valence-electron chi connectivity index (χ4n) is 2.19. The minimum absolute atomic E-state index is 0.0407. The second kappa shape index (κ2) is 8.84. The van der Waals surface area contributed by atoms with Crippen molar-refractivity contribution in [2.24, 2.45) is 0 Å². The van der Waals surface area contributed by atoms with E-state index in [1.165, 1.54) is 18.3 Å². The van der Waals surface area contributed by atoms with Crippen LogP contribution in [0.3, 0.4) is 0 Å². The maximum absolute atomic E-state index is 13.1. The largest absolute Gasteiger partial charge is 0.418 e. The number of nitrogens with one attached hydrogen (secondary N) is 2. The first-order valence-corrected chi connectivity index (χ1v) is 8.44. The monoisotopic (exact) mass is 386 g/mol. The number of hydrogen-bond donors (Lipinski definition) is 2. The molecule has 1 aromatic carbocycles. The lowest BCUT2D eigenvalue weighted by Gasteiger charge is -2.14. The van der Waals surface area contributed by atoms with Gasteiger partial charge in [0, 0.05) is 17.8 Å². The molecule has 1 amide bonds. The molecule has 0 aliphatic carbocycles. The zero-order chi connectivity index (χ0) is 19.2. The predicted molar refractivity (Wildman–Crippen MR) is 94.5 cm³/mol. The van der Waals surface area contributed by atoms with Gasteiger partial charge in [0.1, 0.15) is 5.69 Å². The quantitative estimate of drug-likeness (QED) is 0.657. The molecule has 140 valence electrons. The Labute approximate surface area is 154 Å². The van der Waals surface area contributed by atoms with E-state index in [4.69, 9.17) is 11.6 Å². The second-order valence-electron chi connectivity index (χ2n) is 5.54. The molecule has 0 unspecified atom stereocenters. The van der Waals surface area contributed by atoms with E-state index in [1.54, 1.807) is 0 Å². The summed E-state index contributed by atoms with van der Waals surface area (Å²) in [6.45, 7) is 2.72. The molecule has 0 bridgehead atoms. The third kappa shape index (κ3) is 5.59. The first-order valence-electron chi connectivity index (χ1n) is 8.06. The average Bonchev–Trinajstić information content (AvgIpc) is 2.59. The molecule has 0 saturated heterocycles. The first-order chi connectivity index (χ1) is 12.3. The van der Waals surface area contributed by atoms with Crippen molar-refractivity contribution < 1.29 is 18.0 Å². The Hall–Kier alpha value is -2.35. The van der Waals surface area contributed by atoms with E-state index in [0.717, 1.165) is 31.4 Å². The highest BCUT2D eigenvalue weighted by Gasteiger charge is 2.34. The van der Waals surface area contributed by atoms with Crippen LogP contribution < -0.4 is 10.6 Å². The van der Waals surface area contributed by atoms with Crippen LogP contribution in [0.4, 0.5) is 24.8 Å². The van der Waals surface area contributed by atoms with E-state index >= 15 is 0 Å². The topological polar surface area (TPSA) is 66.9 Å². The molecule has 1 heterocycles. The third-order valence-corrected chi connectivity index (χ3v) is 3.72. The number of aromatic nitrogens is 2. The van der Waals surface area contributed by atoms with Gasteiger partial charge < -0.3 is 10.6 Å². The molecule has 0 atom stereocenters. The van der Waals surface area contributed by atoms with Crippen LogP contribution in [0.5, 0.6) is 0 Å². The number of rotatable bonds is 7. The van der Waals surface area contributed by atoms with Crippen LogP contribution >= 0.6 is 11.6 Å². The van der Waals surface area contributed by atoms with Crippen molar-refractivity contribution in [1.82, 2.24) is 9.97 Å². The molecule has 0 aliphatic rings. The number of benzene rings is 1. The number of amides is 1. The highest BCUT2D eigenvalue weighted by atomic mass is 35.5. The van der Waals surface area contributed by atoms with Crippen LogP contribution in [-0.2, 0) is 6.18 Å². The Morgan fingerprint density at radius 3 is 2.69 bits per heavy atom. The highest BCUT2D eigenvalue weighted by Crippen LogP contribution is 2.36. The Kier molecular flexibility index (Phi) is 6.79. The van der Waals surface area contributed by atoms with E-state index in [9.17, 15) is 18.0 Å². The van der Waals surface area contributed by atoms with Gasteiger partial charge in [0.25, 0.3) is 5.91 Å². The maximum Gasteiger partial charge on any atom is 0.418 e. The fourth-order valence-corrected chi connectivity index (χ4v) is 2.36. The van der Waals surface area contributed by atoms with Gasteiger partial charge in [0.15, 0.2) is 0 Å². The summed E-state index contributed by atoms with van der Waals surface area (Å²) in [7, 11) is 0. The number of carbonyl (C=O) groups is 1. The Morgan fingerprint density at radius 2 is 2.00 bits per heavy atom. The van der Waals surface area contributed by atoms with Crippen LogP contribution in [0.2, 0.25) is 5.02 Å². The minimum Gasteiger partial charge on any atom is -0.354 e. The normalized spacial score (nSPS) is 11.3. The third-order valence-electron chi connectivity index (χ3n) is 3.49. The SMILES string of the molecule is CCCCCNc1nccc(C(=O)Nc2ccc(Cl)cc2C(F)(F)F)n1. The van der Waals surface area contributed by atoms with Crippen molar-refractivity contribution in [3.8, 4) is 0 Å². The van der Waals surface area contributed by atoms with Gasteiger partial charge in [-0.2, -0.15) is 13.2 Å². The highest BCUT2D eigenvalue weighted by molar-refractivity contribution is 6.30. The van der Waals surface area contributed by atoms with E-state index in [2.05, 4.69) is 27.5 Å². The molecule has 1 aromatic heterocycles. The van der Waals surface area contributed by atoms with E-state index < -0.39 is 17.6 Å². The Morgan fingerprint density at radius 1 is 1.23 bits per heavy atom. The van der Waals surface area contributed by atoms with Gasteiger partial charge in [-0.1, -0.05) is 31.4 Å². The molecule has 0 saturated carbocycles. The Bertz CT molecular complexity index is 768. The van der Waals surface area contributed by atoms with Crippen molar-refractivity contribution in [2.45, 2.75) is 32.4 Å². The van der Waals surface area contributed by atoms with Gasteiger partial charge in [-0.05, 0) is 30.7 Å². The molecule has 0 spiro atoms. The van der Waals surface area contributed by atoms with E-state index in [1.807, 2.05) is 0 Å². The van der Waals surface area contributed by atoms with Crippen LogP contribution in [-0.4, -0.2) is 22.4 Å². The predicted octanol–water partition coefficient (Wildman–Crippen LogP) is 5.00. The van der Waals surface area contributed by atoms with Gasteiger partial charge in [0.2, 0.25) is 5.95 Å². The molecule has 2 N–H and O–H groups in total. The molecular weight excluding hydrogens is 369 g/mol. The van der Waals surface area contributed by atoms with Crippen molar-refractivity contribution in [3.63, 3.8) is 0 Å². The van der Waals surface area contributed by atoms with Gasteiger partial charge in [-0.3, -0.25) is 4.79 Å². The van der Waals surface area contributed by atoms with Crippen molar-refractivity contribution >= 4 is 29.1 Å². The van der Waals surface area contributed by atoms with Crippen LogP contribution in [0.1, 0.15) is 42.2 Å². The summed E-state index contributed by atoms with van der Waals surface area (Å²) in [6.07, 6.45) is -0.241. The molecular formula is C17H18ClF3N4O. The van der Waals surface area contributed by atoms with Crippen LogP contribution in [0, 0.1) is 0 Å². The zero-order valence-electron chi connectivity index (χ0n) is 14.0. The van der Waals surface area contributed by atoms with Gasteiger partial charge in [-0.15, -0.1) is 0 Å². The van der Waals surface area contributed by atoms with Gasteiger partial charge >= 0.3 is 6.18 Å². The van der Waals surface area contributed by atoms with Gasteiger partial charge in [0.05, 0.1) is 11.3 Å². The van der Waals surface area contributed by atoms with Crippen molar-refractivity contribution in [3.05, 3.63) is 46.7 Å². The number of anilines is 2. The molecule has 0 radical (unpaired) electrons. The number of hydrogen-bond acceptors (Lipinski definition) is 4. The average molecular weight is 387 g/mol. The first kappa shape index (κ1) is 20.0. The lowest BCUT2D eigenvalue weighted by Crippen LogP contribution is -2.18. The summed E-state index contributed by atoms with van der Waals surface area (Å²) in [5.74, 6) is -0.516. The number of alkyl halides is 3. The number of halogens is 4. The standard InChI is InChI=1S/C17H18ClF3N4O/c1-2-3-4-8-22-16-23-9-7-14(25-16)15(26)24-13-6-5-11(18)10-12(13)17(19,20)21/h5-7,9-10H,2-4,8H2,1H3,(H,24,26)(H,22,23,25). The summed E-state index contributed by atoms with van der Waals surface area (Å²) in [4.78, 5) is 20.3. The molecule has 0 fully saturated rings. The summed E-state index contributed by atoms with van der Waals surface area (Å²) in [6, 6.07) is 4.47. The second-order valence-corrected chi connectivity index (χ2v) is 5.98. The lowest BCUT2D eigenvalue weighted by atomic mass is 10.1. The molecule has 5 nitrogen and oxygen atoms in total. The van der Waals surface area contributed by atoms with E-state index in [0.29, 0.717) is 6.54 Å². The minimum atomic E-state index is -4.65. The van der Waals surface area contributed by atoms with Crippen LogP contribution in [0.25, 0.3) is 0 Å². The van der Waals surface area contributed by atoms with Crippen LogP contribution in [0.15, 0.2) is 30.5 Å². The molecule has 9 heteroatoms. The smallest absolute Gasteiger partial charge is 0.354 e. The van der Waals surface area contributed by atoms with E-state index in [-0.39, 0.29) is 22.4 Å². The summed E-state index contributed by atoms with van der Waals surface area (Å²) < 4.78 is 39.3. The molecule has 2 aromatic rings. The van der Waals surface area contributed by atoms with Crippen molar-refractivity contribution in [1.29, 1.82) is 0 Å². The van der Waals surface area contributed by atoms with Crippen molar-refractivity contribution in [2.75, 3.05) is 17.2 Å². The lowest BCUT2D eigenvalue weighted by molar-refractivity contribution is -0.136.